The smallest absolute Gasteiger partial charge is 0.224 e. The molecule has 3 rings (SSSR count). The van der Waals surface area contributed by atoms with Crippen molar-refractivity contribution in [2.24, 2.45) is 17.8 Å². The van der Waals surface area contributed by atoms with Gasteiger partial charge < -0.3 is 10.4 Å². The minimum atomic E-state index is -0.264. The van der Waals surface area contributed by atoms with Gasteiger partial charge in [0.2, 0.25) is 5.91 Å². The Bertz CT molecular complexity index is 421. The molecule has 2 aliphatic carbocycles. The van der Waals surface area contributed by atoms with E-state index in [4.69, 9.17) is 0 Å². The summed E-state index contributed by atoms with van der Waals surface area (Å²) in [5.41, 5.74) is 0.971. The van der Waals surface area contributed by atoms with Crippen LogP contribution in [0.3, 0.4) is 0 Å². The fourth-order valence-electron chi connectivity index (χ4n) is 3.40. The van der Waals surface area contributed by atoms with Gasteiger partial charge in [0.1, 0.15) is 0 Å². The van der Waals surface area contributed by atoms with Crippen LogP contribution in [0.4, 0.5) is 0 Å². The van der Waals surface area contributed by atoms with Gasteiger partial charge in [-0.05, 0) is 30.2 Å². The standard InChI is InChI=1S/C15H19NO2/c17-9-13(10-5-2-1-3-6-10)16-15(18)14-11-7-4-8-12(11)14/h1-3,5-6,11-14,17H,4,7-9H2,(H,16,18)/t11?,12?,13-,14?/m0/s1. The monoisotopic (exact) mass is 245 g/mol. The predicted octanol–water partition coefficient (Wildman–Crippen LogP) is 1.88. The van der Waals surface area contributed by atoms with Gasteiger partial charge in [-0.1, -0.05) is 36.8 Å². The van der Waals surface area contributed by atoms with Crippen LogP contribution in [0.5, 0.6) is 0 Å². The number of aliphatic hydroxyl groups excluding tert-OH is 1. The van der Waals surface area contributed by atoms with Crippen molar-refractivity contribution in [1.29, 1.82) is 0 Å². The number of hydrogen-bond acceptors (Lipinski definition) is 2. The fraction of sp³-hybridized carbons (Fsp3) is 0.533. The van der Waals surface area contributed by atoms with Crippen LogP contribution in [0, 0.1) is 17.8 Å². The number of nitrogens with one attached hydrogen (secondary N) is 1. The van der Waals surface area contributed by atoms with E-state index in [-0.39, 0.29) is 24.5 Å². The van der Waals surface area contributed by atoms with E-state index in [1.165, 1.54) is 19.3 Å². The highest BCUT2D eigenvalue weighted by Gasteiger charge is 2.56. The maximum atomic E-state index is 12.1. The number of rotatable bonds is 4. The van der Waals surface area contributed by atoms with Crippen molar-refractivity contribution in [3.63, 3.8) is 0 Å². The molecule has 0 aliphatic heterocycles. The van der Waals surface area contributed by atoms with Gasteiger partial charge in [0.15, 0.2) is 0 Å². The molecule has 1 aromatic rings. The number of hydrogen-bond donors (Lipinski definition) is 2. The van der Waals surface area contributed by atoms with E-state index < -0.39 is 0 Å². The molecule has 2 aliphatic rings. The van der Waals surface area contributed by atoms with Crippen LogP contribution >= 0.6 is 0 Å². The van der Waals surface area contributed by atoms with Crippen molar-refractivity contribution >= 4 is 5.91 Å². The van der Waals surface area contributed by atoms with E-state index in [9.17, 15) is 9.90 Å². The summed E-state index contributed by atoms with van der Waals surface area (Å²) < 4.78 is 0. The summed E-state index contributed by atoms with van der Waals surface area (Å²) in [4.78, 5) is 12.1. The number of carbonyl (C=O) groups excluding carboxylic acids is 1. The fourth-order valence-corrected chi connectivity index (χ4v) is 3.40. The van der Waals surface area contributed by atoms with Gasteiger partial charge in [0.25, 0.3) is 0 Å². The average molecular weight is 245 g/mol. The maximum Gasteiger partial charge on any atom is 0.224 e. The number of aliphatic hydroxyl groups is 1. The highest BCUT2D eigenvalue weighted by atomic mass is 16.3. The Hall–Kier alpha value is -1.35. The molecule has 3 atom stereocenters. The minimum Gasteiger partial charge on any atom is -0.394 e. The highest BCUT2D eigenvalue weighted by molar-refractivity contribution is 5.82. The lowest BCUT2D eigenvalue weighted by Gasteiger charge is -2.17. The zero-order chi connectivity index (χ0) is 12.5. The molecule has 2 saturated carbocycles. The van der Waals surface area contributed by atoms with Crippen molar-refractivity contribution in [2.75, 3.05) is 6.61 Å². The van der Waals surface area contributed by atoms with E-state index in [0.29, 0.717) is 11.8 Å². The molecule has 0 saturated heterocycles. The normalized spacial score (nSPS) is 30.6. The second kappa shape index (κ2) is 4.73. The van der Waals surface area contributed by atoms with Crippen LogP contribution in [-0.2, 0) is 4.79 Å². The molecule has 0 bridgehead atoms. The van der Waals surface area contributed by atoms with Crippen LogP contribution in [0.15, 0.2) is 30.3 Å². The quantitative estimate of drug-likeness (QED) is 0.851. The summed E-state index contributed by atoms with van der Waals surface area (Å²) in [6.45, 7) is -0.0438. The third kappa shape index (κ3) is 2.03. The molecule has 2 N–H and O–H groups in total. The van der Waals surface area contributed by atoms with Gasteiger partial charge in [-0.3, -0.25) is 4.79 Å². The third-order valence-electron chi connectivity index (χ3n) is 4.41. The molecule has 0 radical (unpaired) electrons. The van der Waals surface area contributed by atoms with Gasteiger partial charge in [0, 0.05) is 5.92 Å². The summed E-state index contributed by atoms with van der Waals surface area (Å²) in [5.74, 6) is 1.60. The number of amides is 1. The van der Waals surface area contributed by atoms with Gasteiger partial charge in [-0.25, -0.2) is 0 Å². The molecule has 0 aromatic heterocycles. The van der Waals surface area contributed by atoms with Crippen molar-refractivity contribution in [3.05, 3.63) is 35.9 Å². The molecule has 3 heteroatoms. The highest BCUT2D eigenvalue weighted by Crippen LogP contribution is 2.57. The van der Waals surface area contributed by atoms with Gasteiger partial charge >= 0.3 is 0 Å². The van der Waals surface area contributed by atoms with E-state index >= 15 is 0 Å². The number of carbonyl (C=O) groups is 1. The lowest BCUT2D eigenvalue weighted by Crippen LogP contribution is -2.32. The first-order valence-electron chi connectivity index (χ1n) is 6.77. The molecule has 0 spiro atoms. The van der Waals surface area contributed by atoms with E-state index in [1.54, 1.807) is 0 Å². The lowest BCUT2D eigenvalue weighted by molar-refractivity contribution is -0.124. The van der Waals surface area contributed by atoms with E-state index in [1.807, 2.05) is 30.3 Å². The van der Waals surface area contributed by atoms with E-state index in [0.717, 1.165) is 5.56 Å². The zero-order valence-corrected chi connectivity index (χ0v) is 10.4. The second-order valence-electron chi connectivity index (χ2n) is 5.44. The van der Waals surface area contributed by atoms with Crippen LogP contribution in [0.25, 0.3) is 0 Å². The molecular weight excluding hydrogens is 226 g/mol. The van der Waals surface area contributed by atoms with Crippen LogP contribution in [0.1, 0.15) is 30.9 Å². The summed E-state index contributed by atoms with van der Waals surface area (Å²) in [5, 5.41) is 12.4. The molecule has 1 amide bonds. The van der Waals surface area contributed by atoms with E-state index in [2.05, 4.69) is 5.32 Å². The summed E-state index contributed by atoms with van der Waals surface area (Å²) >= 11 is 0. The zero-order valence-electron chi connectivity index (χ0n) is 10.4. The molecule has 0 heterocycles. The molecule has 96 valence electrons. The number of benzene rings is 1. The Labute approximate surface area is 107 Å². The van der Waals surface area contributed by atoms with Crippen LogP contribution in [0.2, 0.25) is 0 Å². The predicted molar refractivity (Wildman–Crippen MR) is 68.7 cm³/mol. The SMILES string of the molecule is O=C(N[C@@H](CO)c1ccccc1)C1C2CCCC21. The van der Waals surface area contributed by atoms with Crippen molar-refractivity contribution in [1.82, 2.24) is 5.32 Å². The first-order valence-corrected chi connectivity index (χ1v) is 6.77. The van der Waals surface area contributed by atoms with Crippen LogP contribution < -0.4 is 5.32 Å². The van der Waals surface area contributed by atoms with Crippen molar-refractivity contribution < 1.29 is 9.90 Å². The Balaban J connectivity index is 1.62. The van der Waals surface area contributed by atoms with Crippen LogP contribution in [-0.4, -0.2) is 17.6 Å². The third-order valence-corrected chi connectivity index (χ3v) is 4.41. The molecule has 2 fully saturated rings. The Morgan fingerprint density at radius 2 is 1.94 bits per heavy atom. The van der Waals surface area contributed by atoms with Gasteiger partial charge in [-0.2, -0.15) is 0 Å². The molecular formula is C15H19NO2. The second-order valence-corrected chi connectivity index (χ2v) is 5.44. The summed E-state index contributed by atoms with van der Waals surface area (Å²) in [6.07, 6.45) is 3.69. The van der Waals surface area contributed by atoms with Crippen molar-refractivity contribution in [3.8, 4) is 0 Å². The van der Waals surface area contributed by atoms with Gasteiger partial charge in [0.05, 0.1) is 12.6 Å². The van der Waals surface area contributed by atoms with Gasteiger partial charge in [-0.15, -0.1) is 0 Å². The minimum absolute atomic E-state index is 0.0438. The molecule has 2 unspecified atom stereocenters. The average Bonchev–Trinajstić information content (AvgIpc) is 2.90. The number of fused-ring (bicyclic) bond motifs is 1. The molecule has 18 heavy (non-hydrogen) atoms. The van der Waals surface area contributed by atoms with Crippen molar-refractivity contribution in [2.45, 2.75) is 25.3 Å². The Morgan fingerprint density at radius 3 is 2.56 bits per heavy atom. The largest absolute Gasteiger partial charge is 0.394 e. The first-order chi connectivity index (χ1) is 8.81. The topological polar surface area (TPSA) is 49.3 Å². The molecule has 3 nitrogen and oxygen atoms in total. The maximum absolute atomic E-state index is 12.1. The first kappa shape index (κ1) is 11.7. The Kier molecular flexibility index (Phi) is 3.08. The lowest BCUT2D eigenvalue weighted by atomic mass is 10.1. The summed E-state index contributed by atoms with van der Waals surface area (Å²) in [6, 6.07) is 9.40. The summed E-state index contributed by atoms with van der Waals surface area (Å²) in [7, 11) is 0. The molecule has 1 aromatic carbocycles. The Morgan fingerprint density at radius 1 is 1.28 bits per heavy atom.